The van der Waals surface area contributed by atoms with Gasteiger partial charge in [-0.15, -0.1) is 0 Å². The van der Waals surface area contributed by atoms with E-state index in [0.29, 0.717) is 22.3 Å². The molecule has 0 aromatic heterocycles. The Hall–Kier alpha value is -5.36. The van der Waals surface area contributed by atoms with Crippen molar-refractivity contribution < 1.29 is 20.4 Å². The number of rotatable bonds is 7. The van der Waals surface area contributed by atoms with E-state index in [1.807, 2.05) is 146 Å². The molecule has 0 spiro atoms. The first kappa shape index (κ1) is 30.0. The lowest BCUT2D eigenvalue weighted by Gasteiger charge is -2.44. The van der Waals surface area contributed by atoms with Crippen molar-refractivity contribution in [3.63, 3.8) is 0 Å². The third-order valence-electron chi connectivity index (χ3n) is 9.96. The third kappa shape index (κ3) is 4.54. The number of aliphatic hydroxyl groups is 4. The molecule has 8 aromatic carbocycles. The normalized spacial score (nSPS) is 13.7. The smallest absolute Gasteiger partial charge is 0.144 e. The van der Waals surface area contributed by atoms with Crippen molar-refractivity contribution in [3.8, 4) is 0 Å². The average Bonchev–Trinajstić information content (AvgIpc) is 3.15. The summed E-state index contributed by atoms with van der Waals surface area (Å²) in [6.45, 7) is 0. The zero-order valence-electron chi connectivity index (χ0n) is 26.1. The molecule has 0 saturated heterocycles. The van der Waals surface area contributed by atoms with Crippen LogP contribution in [0.3, 0.4) is 0 Å². The van der Waals surface area contributed by atoms with Crippen molar-refractivity contribution in [1.29, 1.82) is 0 Å². The van der Waals surface area contributed by atoms with Gasteiger partial charge in [0.25, 0.3) is 0 Å². The molecule has 0 saturated carbocycles. The monoisotopic (exact) mass is 626 g/mol. The van der Waals surface area contributed by atoms with Crippen LogP contribution in [0.5, 0.6) is 0 Å². The predicted octanol–water partition coefficient (Wildman–Crippen LogP) is 8.19. The van der Waals surface area contributed by atoms with Gasteiger partial charge >= 0.3 is 0 Å². The minimum Gasteiger partial charge on any atom is -0.387 e. The van der Waals surface area contributed by atoms with Crippen LogP contribution in [0.15, 0.2) is 170 Å². The Kier molecular flexibility index (Phi) is 7.32. The summed E-state index contributed by atoms with van der Waals surface area (Å²) in [5.41, 5.74) is -2.68. The van der Waals surface area contributed by atoms with Crippen LogP contribution in [0.2, 0.25) is 0 Å². The first-order valence-electron chi connectivity index (χ1n) is 16.2. The second-order valence-corrected chi connectivity index (χ2v) is 12.5. The van der Waals surface area contributed by atoms with Crippen LogP contribution in [-0.2, 0) is 11.2 Å². The van der Waals surface area contributed by atoms with E-state index in [4.69, 9.17) is 0 Å². The van der Waals surface area contributed by atoms with Gasteiger partial charge in [0.2, 0.25) is 0 Å². The lowest BCUT2D eigenvalue weighted by Crippen LogP contribution is -2.56. The molecule has 0 unspecified atom stereocenters. The van der Waals surface area contributed by atoms with E-state index >= 15 is 0 Å². The van der Waals surface area contributed by atoms with Gasteiger partial charge in [-0.25, -0.2) is 0 Å². The van der Waals surface area contributed by atoms with Crippen molar-refractivity contribution in [1.82, 2.24) is 0 Å². The third-order valence-corrected chi connectivity index (χ3v) is 9.96. The molecule has 0 aliphatic carbocycles. The molecule has 234 valence electrons. The van der Waals surface area contributed by atoms with Gasteiger partial charge in [-0.1, -0.05) is 170 Å². The Morgan fingerprint density at radius 3 is 0.750 bits per heavy atom. The number of hydrogen-bond donors (Lipinski definition) is 4. The summed E-state index contributed by atoms with van der Waals surface area (Å²) in [5.74, 6) is 0. The van der Waals surface area contributed by atoms with Crippen LogP contribution in [-0.4, -0.2) is 32.6 Å². The molecule has 0 fully saturated rings. The molecule has 8 rings (SSSR count). The summed E-state index contributed by atoms with van der Waals surface area (Å²) >= 11 is 0. The van der Waals surface area contributed by atoms with Gasteiger partial charge in [-0.05, 0) is 65.3 Å². The second-order valence-electron chi connectivity index (χ2n) is 12.5. The van der Waals surface area contributed by atoms with Gasteiger partial charge in [0.15, 0.2) is 0 Å². The molecule has 4 heteroatoms. The highest BCUT2D eigenvalue weighted by molar-refractivity contribution is 5.93. The molecule has 48 heavy (non-hydrogen) atoms. The molecular weight excluding hydrogens is 592 g/mol. The largest absolute Gasteiger partial charge is 0.387 e. The van der Waals surface area contributed by atoms with Gasteiger partial charge in [-0.2, -0.15) is 0 Å². The maximum absolute atomic E-state index is 13.4. The quantitative estimate of drug-likeness (QED) is 0.144. The molecule has 0 aliphatic rings. The summed E-state index contributed by atoms with van der Waals surface area (Å²) in [6.07, 6.45) is -3.84. The molecule has 0 bridgehead atoms. The zero-order valence-corrected chi connectivity index (χ0v) is 26.1. The number of hydrogen-bond acceptors (Lipinski definition) is 4. The van der Waals surface area contributed by atoms with Crippen molar-refractivity contribution in [2.45, 2.75) is 23.4 Å². The summed E-state index contributed by atoms with van der Waals surface area (Å²) < 4.78 is 0. The fourth-order valence-electron chi connectivity index (χ4n) is 7.62. The summed E-state index contributed by atoms with van der Waals surface area (Å²) in [7, 11) is 0. The number of aliphatic hydroxyl groups excluding tert-OH is 2. The highest BCUT2D eigenvalue weighted by Crippen LogP contribution is 2.47. The van der Waals surface area contributed by atoms with E-state index in [1.165, 1.54) is 0 Å². The van der Waals surface area contributed by atoms with Crippen LogP contribution < -0.4 is 0 Å². The highest BCUT2D eigenvalue weighted by Gasteiger charge is 2.53. The number of benzene rings is 8. The fraction of sp³-hybridized carbons (Fsp3) is 0.0909. The molecule has 0 radical (unpaired) electrons. The topological polar surface area (TPSA) is 80.9 Å². The van der Waals surface area contributed by atoms with Gasteiger partial charge in [0.1, 0.15) is 23.4 Å². The average molecular weight is 627 g/mol. The molecular formula is C44H34O4. The molecule has 0 amide bonds. The molecule has 4 nitrogen and oxygen atoms in total. The van der Waals surface area contributed by atoms with Crippen LogP contribution in [0.1, 0.15) is 22.3 Å². The van der Waals surface area contributed by atoms with E-state index in [-0.39, 0.29) is 0 Å². The van der Waals surface area contributed by atoms with Gasteiger partial charge in [0.05, 0.1) is 0 Å². The van der Waals surface area contributed by atoms with Crippen molar-refractivity contribution >= 4 is 43.1 Å². The lowest BCUT2D eigenvalue weighted by atomic mass is 9.69. The minimum atomic E-state index is -2.18. The van der Waals surface area contributed by atoms with Crippen molar-refractivity contribution in [3.05, 3.63) is 192 Å². The first-order valence-corrected chi connectivity index (χ1v) is 16.2. The molecule has 8 aromatic rings. The summed E-state index contributed by atoms with van der Waals surface area (Å²) in [5, 5.41) is 58.7. The number of fused-ring (bicyclic) bond motifs is 4. The van der Waals surface area contributed by atoms with Gasteiger partial charge in [-0.3, -0.25) is 0 Å². The fourth-order valence-corrected chi connectivity index (χ4v) is 7.62. The highest BCUT2D eigenvalue weighted by atomic mass is 16.4. The first-order chi connectivity index (χ1) is 23.4. The van der Waals surface area contributed by atoms with E-state index < -0.39 is 23.4 Å². The van der Waals surface area contributed by atoms with Crippen LogP contribution in [0.25, 0.3) is 43.1 Å². The minimum absolute atomic E-state index is 0.418. The van der Waals surface area contributed by atoms with Crippen molar-refractivity contribution in [2.75, 3.05) is 0 Å². The summed E-state index contributed by atoms with van der Waals surface area (Å²) in [6, 6.07) is 53.0. The Balaban J connectivity index is 1.45. The maximum atomic E-state index is 13.4. The van der Waals surface area contributed by atoms with Gasteiger partial charge in [0, 0.05) is 0 Å². The maximum Gasteiger partial charge on any atom is 0.144 e. The van der Waals surface area contributed by atoms with Crippen LogP contribution >= 0.6 is 0 Å². The van der Waals surface area contributed by atoms with Crippen molar-refractivity contribution in [2.24, 2.45) is 0 Å². The Labute approximate surface area is 278 Å². The van der Waals surface area contributed by atoms with Gasteiger partial charge < -0.3 is 20.4 Å². The van der Waals surface area contributed by atoms with E-state index in [0.717, 1.165) is 43.1 Å². The second kappa shape index (κ2) is 11.7. The molecule has 0 heterocycles. The van der Waals surface area contributed by atoms with E-state index in [2.05, 4.69) is 0 Å². The van der Waals surface area contributed by atoms with E-state index in [1.54, 1.807) is 24.3 Å². The summed E-state index contributed by atoms with van der Waals surface area (Å²) in [4.78, 5) is 0. The van der Waals surface area contributed by atoms with Crippen LogP contribution in [0, 0.1) is 0 Å². The molecule has 0 aliphatic heterocycles. The SMILES string of the molecule is O[C@@H]([C@H](O)C(O)(c1cccc2ccccc12)c1cccc2ccccc12)C(O)(c1cccc2ccccc12)c1cccc2ccccc12. The standard InChI is InChI=1S/C44H34O4/c45-41(43(47,37-25-9-17-29-13-1-5-21-33(29)37)38-26-10-18-30-14-2-6-22-34(30)38)42(46)44(48,39-27-11-19-31-15-3-7-23-35(31)39)40-28-12-20-32-16-4-8-24-36(32)40/h1-28,41-42,45-48H/t41-,42-/m0/s1. The predicted molar refractivity (Wildman–Crippen MR) is 194 cm³/mol. The van der Waals surface area contributed by atoms with E-state index in [9.17, 15) is 20.4 Å². The molecule has 4 N–H and O–H groups in total. The lowest BCUT2D eigenvalue weighted by molar-refractivity contribution is -0.165. The molecule has 2 atom stereocenters. The Morgan fingerprint density at radius 2 is 0.500 bits per heavy atom. The zero-order chi connectivity index (χ0) is 32.9. The Morgan fingerprint density at radius 1 is 0.292 bits per heavy atom. The Bertz CT molecular complexity index is 2100. The van der Waals surface area contributed by atoms with Crippen LogP contribution in [0.4, 0.5) is 0 Å².